The number of benzene rings is 3. The average molecular weight is 526 g/mol. The number of rotatable bonds is 8. The first kappa shape index (κ1) is 25.2. The first-order valence-corrected chi connectivity index (χ1v) is 12.8. The summed E-state index contributed by atoms with van der Waals surface area (Å²) in [5, 5.41) is 32.0. The molecule has 0 radical (unpaired) electrons. The Hall–Kier alpha value is -2.41. The van der Waals surface area contributed by atoms with E-state index in [9.17, 15) is 20.1 Å². The van der Waals surface area contributed by atoms with E-state index in [1.165, 1.54) is 6.92 Å². The summed E-state index contributed by atoms with van der Waals surface area (Å²) in [6.45, 7) is 1.43. The van der Waals surface area contributed by atoms with Crippen LogP contribution in [0.3, 0.4) is 0 Å². The zero-order chi connectivity index (χ0) is 25.7. The van der Waals surface area contributed by atoms with Crippen molar-refractivity contribution in [2.24, 2.45) is 5.41 Å². The summed E-state index contributed by atoms with van der Waals surface area (Å²) in [6, 6.07) is 20.3. The maximum Gasteiger partial charge on any atom is 0.255 e. The van der Waals surface area contributed by atoms with Gasteiger partial charge in [0.25, 0.3) is 5.91 Å². The second kappa shape index (κ2) is 9.16. The van der Waals surface area contributed by atoms with Gasteiger partial charge in [0.1, 0.15) is 5.60 Å². The van der Waals surface area contributed by atoms with Gasteiger partial charge < -0.3 is 20.2 Å². The lowest BCUT2D eigenvalue weighted by Gasteiger charge is -2.42. The van der Waals surface area contributed by atoms with Crippen LogP contribution in [0.15, 0.2) is 66.7 Å². The van der Waals surface area contributed by atoms with E-state index in [0.717, 1.165) is 29.5 Å². The minimum atomic E-state index is -1.48. The molecule has 3 aromatic carbocycles. The summed E-state index contributed by atoms with van der Waals surface area (Å²) < 4.78 is 0. The highest BCUT2D eigenvalue weighted by molar-refractivity contribution is 6.30. The number of aliphatic hydroxyl groups is 3. The summed E-state index contributed by atoms with van der Waals surface area (Å²) in [5.74, 6) is -0.167. The molecular formula is C29H29Cl2NO4. The molecule has 3 N–H and O–H groups in total. The van der Waals surface area contributed by atoms with Crippen molar-refractivity contribution in [2.75, 3.05) is 13.2 Å². The fourth-order valence-electron chi connectivity index (χ4n) is 5.39. The highest BCUT2D eigenvalue weighted by atomic mass is 35.5. The van der Waals surface area contributed by atoms with E-state index < -0.39 is 17.7 Å². The van der Waals surface area contributed by atoms with Gasteiger partial charge in [-0.1, -0.05) is 59.6 Å². The first-order valence-electron chi connectivity index (χ1n) is 12.1. The van der Waals surface area contributed by atoms with E-state index in [1.54, 1.807) is 24.3 Å². The van der Waals surface area contributed by atoms with Gasteiger partial charge in [-0.2, -0.15) is 0 Å². The van der Waals surface area contributed by atoms with Crippen LogP contribution >= 0.6 is 23.2 Å². The Labute approximate surface area is 220 Å². The Morgan fingerprint density at radius 3 is 2.11 bits per heavy atom. The molecule has 3 aromatic rings. The Kier molecular flexibility index (Phi) is 6.42. The maximum absolute atomic E-state index is 14.2. The standard InChI is InChI=1S/C29H29Cl2NO4/c1-27(36,17-33)21-6-11-25-24(14-21)26(35)32(15-19-2-7-22(30)8-3-19)29(25,16-28(18-34)12-13-28)20-4-9-23(31)10-5-20/h2-11,14,33-34,36H,12-13,15-18H2,1H3/t27?,29-/m1/s1. The van der Waals surface area contributed by atoms with Gasteiger partial charge in [-0.15, -0.1) is 0 Å². The average Bonchev–Trinajstić information content (AvgIpc) is 3.62. The SMILES string of the molecule is CC(O)(CO)c1ccc2c(c1)C(=O)N(Cc1ccc(Cl)cc1)[C@]2(CC1(CO)CC1)c1ccc(Cl)cc1. The first-order chi connectivity index (χ1) is 17.1. The Morgan fingerprint density at radius 2 is 1.56 bits per heavy atom. The molecule has 0 bridgehead atoms. The molecule has 7 heteroatoms. The molecule has 1 aliphatic carbocycles. The summed E-state index contributed by atoms with van der Waals surface area (Å²) >= 11 is 12.4. The fraction of sp³-hybridized carbons (Fsp3) is 0.345. The van der Waals surface area contributed by atoms with E-state index in [1.807, 2.05) is 47.4 Å². The van der Waals surface area contributed by atoms with Crippen LogP contribution in [0.4, 0.5) is 0 Å². The van der Waals surface area contributed by atoms with Crippen molar-refractivity contribution < 1.29 is 20.1 Å². The molecule has 1 fully saturated rings. The van der Waals surface area contributed by atoms with Crippen LogP contribution in [0.5, 0.6) is 0 Å². The van der Waals surface area contributed by atoms with E-state index in [0.29, 0.717) is 34.1 Å². The van der Waals surface area contributed by atoms with Crippen LogP contribution in [0, 0.1) is 5.41 Å². The number of amides is 1. The third-order valence-corrected chi connectivity index (χ3v) is 8.33. The molecule has 0 aromatic heterocycles. The number of halogens is 2. The summed E-state index contributed by atoms with van der Waals surface area (Å²) in [4.78, 5) is 16.0. The van der Waals surface area contributed by atoms with Crippen LogP contribution in [0.25, 0.3) is 0 Å². The molecular weight excluding hydrogens is 497 g/mol. The number of carbonyl (C=O) groups is 1. The van der Waals surface area contributed by atoms with Crippen LogP contribution in [0.2, 0.25) is 10.0 Å². The van der Waals surface area contributed by atoms with Gasteiger partial charge in [0, 0.05) is 28.8 Å². The second-order valence-corrected chi connectivity index (χ2v) is 11.3. The molecule has 1 amide bonds. The number of aliphatic hydroxyl groups excluding tert-OH is 2. The molecule has 5 rings (SSSR count). The second-order valence-electron chi connectivity index (χ2n) is 10.4. The van der Waals surface area contributed by atoms with Crippen LogP contribution in [-0.2, 0) is 17.7 Å². The lowest BCUT2D eigenvalue weighted by Crippen LogP contribution is -2.46. The van der Waals surface area contributed by atoms with E-state index in [4.69, 9.17) is 23.2 Å². The van der Waals surface area contributed by atoms with E-state index in [-0.39, 0.29) is 17.9 Å². The van der Waals surface area contributed by atoms with Gasteiger partial charge in [0.15, 0.2) is 0 Å². The van der Waals surface area contributed by atoms with Crippen molar-refractivity contribution in [3.05, 3.63) is 105 Å². The van der Waals surface area contributed by atoms with Crippen molar-refractivity contribution in [3.63, 3.8) is 0 Å². The predicted octanol–water partition coefficient (Wildman–Crippen LogP) is 5.26. The van der Waals surface area contributed by atoms with Gasteiger partial charge in [0.2, 0.25) is 0 Å². The van der Waals surface area contributed by atoms with Crippen molar-refractivity contribution in [1.29, 1.82) is 0 Å². The molecule has 1 saturated carbocycles. The van der Waals surface area contributed by atoms with E-state index in [2.05, 4.69) is 0 Å². The highest BCUT2D eigenvalue weighted by Crippen LogP contribution is 2.59. The Bertz CT molecular complexity index is 1290. The third kappa shape index (κ3) is 4.23. The molecule has 5 nitrogen and oxygen atoms in total. The minimum absolute atomic E-state index is 0.0396. The molecule has 1 unspecified atom stereocenters. The lowest BCUT2D eigenvalue weighted by molar-refractivity contribution is -0.00232. The highest BCUT2D eigenvalue weighted by Gasteiger charge is 2.57. The van der Waals surface area contributed by atoms with Crippen LogP contribution in [0.1, 0.15) is 58.8 Å². The van der Waals surface area contributed by atoms with Gasteiger partial charge in [-0.3, -0.25) is 4.79 Å². The zero-order valence-corrected chi connectivity index (χ0v) is 21.6. The predicted molar refractivity (Wildman–Crippen MR) is 140 cm³/mol. The Morgan fingerprint density at radius 1 is 0.944 bits per heavy atom. The monoisotopic (exact) mass is 525 g/mol. The molecule has 2 aliphatic rings. The minimum Gasteiger partial charge on any atom is -0.396 e. The largest absolute Gasteiger partial charge is 0.396 e. The summed E-state index contributed by atoms with van der Waals surface area (Å²) in [5.41, 5.74) is 1.00. The number of nitrogens with zero attached hydrogens (tertiary/aromatic N) is 1. The van der Waals surface area contributed by atoms with Gasteiger partial charge in [-0.05, 0) is 84.2 Å². The molecule has 0 saturated heterocycles. The molecule has 2 atom stereocenters. The van der Waals surface area contributed by atoms with Gasteiger partial charge in [-0.25, -0.2) is 0 Å². The number of carbonyl (C=O) groups excluding carboxylic acids is 1. The molecule has 1 heterocycles. The summed E-state index contributed by atoms with van der Waals surface area (Å²) in [6.07, 6.45) is 2.32. The summed E-state index contributed by atoms with van der Waals surface area (Å²) in [7, 11) is 0. The van der Waals surface area contributed by atoms with Crippen molar-refractivity contribution in [2.45, 2.75) is 43.9 Å². The maximum atomic E-state index is 14.2. The number of fused-ring (bicyclic) bond motifs is 1. The van der Waals surface area contributed by atoms with Crippen LogP contribution < -0.4 is 0 Å². The van der Waals surface area contributed by atoms with Gasteiger partial charge >= 0.3 is 0 Å². The quantitative estimate of drug-likeness (QED) is 0.374. The topological polar surface area (TPSA) is 81.0 Å². The third-order valence-electron chi connectivity index (χ3n) is 7.83. The van der Waals surface area contributed by atoms with Crippen molar-refractivity contribution in [1.82, 2.24) is 4.90 Å². The zero-order valence-electron chi connectivity index (χ0n) is 20.0. The lowest BCUT2D eigenvalue weighted by atomic mass is 9.74. The van der Waals surface area contributed by atoms with Crippen LogP contribution in [-0.4, -0.2) is 39.3 Å². The molecule has 188 valence electrons. The number of hydrogen-bond acceptors (Lipinski definition) is 4. The Balaban J connectivity index is 1.74. The normalized spacial score (nSPS) is 21.8. The fourth-order valence-corrected chi connectivity index (χ4v) is 5.64. The van der Waals surface area contributed by atoms with Crippen molar-refractivity contribution >= 4 is 29.1 Å². The molecule has 36 heavy (non-hydrogen) atoms. The smallest absolute Gasteiger partial charge is 0.255 e. The molecule has 1 aliphatic heterocycles. The van der Waals surface area contributed by atoms with Gasteiger partial charge in [0.05, 0.1) is 12.1 Å². The van der Waals surface area contributed by atoms with Crippen molar-refractivity contribution in [3.8, 4) is 0 Å². The molecule has 0 spiro atoms. The number of hydrogen-bond donors (Lipinski definition) is 3. The van der Waals surface area contributed by atoms with E-state index >= 15 is 0 Å².